The van der Waals surface area contributed by atoms with Crippen molar-refractivity contribution < 1.29 is 9.59 Å². The monoisotopic (exact) mass is 301 g/mol. The van der Waals surface area contributed by atoms with Crippen LogP contribution < -0.4 is 16.0 Å². The SMILES string of the molecule is CC1(CNC(=O)C2CC(=O)Nc3ccccc32)CCNCC1. The quantitative estimate of drug-likeness (QED) is 0.794. The second-order valence-corrected chi connectivity index (χ2v) is 6.67. The highest BCUT2D eigenvalue weighted by Gasteiger charge is 2.32. The maximum Gasteiger partial charge on any atom is 0.228 e. The van der Waals surface area contributed by atoms with Gasteiger partial charge in [-0.2, -0.15) is 0 Å². The molecule has 1 aromatic carbocycles. The molecule has 5 heteroatoms. The van der Waals surface area contributed by atoms with E-state index in [1.165, 1.54) is 0 Å². The Labute approximate surface area is 130 Å². The first kappa shape index (κ1) is 15.0. The first-order valence-electron chi connectivity index (χ1n) is 7.95. The molecular weight excluding hydrogens is 278 g/mol. The van der Waals surface area contributed by atoms with Crippen LogP contribution in [-0.4, -0.2) is 31.4 Å². The van der Waals surface area contributed by atoms with Crippen LogP contribution in [0, 0.1) is 5.41 Å². The van der Waals surface area contributed by atoms with Gasteiger partial charge in [-0.3, -0.25) is 9.59 Å². The van der Waals surface area contributed by atoms with Crippen LogP contribution in [0.5, 0.6) is 0 Å². The average molecular weight is 301 g/mol. The van der Waals surface area contributed by atoms with Crippen molar-refractivity contribution >= 4 is 17.5 Å². The number of benzene rings is 1. The van der Waals surface area contributed by atoms with Crippen LogP contribution in [0.3, 0.4) is 0 Å². The van der Waals surface area contributed by atoms with Crippen molar-refractivity contribution in [2.75, 3.05) is 25.0 Å². The van der Waals surface area contributed by atoms with E-state index >= 15 is 0 Å². The topological polar surface area (TPSA) is 70.2 Å². The molecule has 22 heavy (non-hydrogen) atoms. The molecule has 2 aliphatic heterocycles. The molecule has 0 saturated carbocycles. The van der Waals surface area contributed by atoms with Gasteiger partial charge >= 0.3 is 0 Å². The van der Waals surface area contributed by atoms with Gasteiger partial charge in [0, 0.05) is 18.7 Å². The largest absolute Gasteiger partial charge is 0.355 e. The molecule has 1 unspecified atom stereocenters. The highest BCUT2D eigenvalue weighted by atomic mass is 16.2. The molecule has 118 valence electrons. The van der Waals surface area contributed by atoms with E-state index in [9.17, 15) is 9.59 Å². The third-order valence-corrected chi connectivity index (χ3v) is 4.82. The molecule has 2 heterocycles. The summed E-state index contributed by atoms with van der Waals surface area (Å²) in [6.07, 6.45) is 2.35. The van der Waals surface area contributed by atoms with Gasteiger partial charge in [-0.15, -0.1) is 0 Å². The molecule has 1 saturated heterocycles. The van der Waals surface area contributed by atoms with E-state index < -0.39 is 0 Å². The highest BCUT2D eigenvalue weighted by Crippen LogP contribution is 2.33. The maximum absolute atomic E-state index is 12.6. The number of carbonyl (C=O) groups is 2. The number of anilines is 1. The summed E-state index contributed by atoms with van der Waals surface area (Å²) in [6.45, 7) is 4.89. The minimum atomic E-state index is -0.379. The summed E-state index contributed by atoms with van der Waals surface area (Å²) >= 11 is 0. The number of para-hydroxylation sites is 1. The zero-order valence-electron chi connectivity index (χ0n) is 12.9. The van der Waals surface area contributed by atoms with Gasteiger partial charge in [-0.05, 0) is 43.0 Å². The molecule has 0 radical (unpaired) electrons. The number of amides is 2. The lowest BCUT2D eigenvalue weighted by atomic mass is 9.80. The van der Waals surface area contributed by atoms with Crippen molar-refractivity contribution in [2.24, 2.45) is 5.41 Å². The van der Waals surface area contributed by atoms with E-state index in [0.717, 1.165) is 37.2 Å². The van der Waals surface area contributed by atoms with Gasteiger partial charge in [-0.25, -0.2) is 0 Å². The van der Waals surface area contributed by atoms with Crippen LogP contribution in [0.4, 0.5) is 5.69 Å². The number of nitrogens with one attached hydrogen (secondary N) is 3. The molecule has 2 aliphatic rings. The van der Waals surface area contributed by atoms with Crippen molar-refractivity contribution in [1.82, 2.24) is 10.6 Å². The molecule has 1 aromatic rings. The van der Waals surface area contributed by atoms with E-state index in [1.807, 2.05) is 24.3 Å². The molecule has 1 fully saturated rings. The average Bonchev–Trinajstić information content (AvgIpc) is 2.52. The zero-order valence-corrected chi connectivity index (χ0v) is 12.9. The number of piperidine rings is 1. The third kappa shape index (κ3) is 3.14. The van der Waals surface area contributed by atoms with E-state index in [-0.39, 0.29) is 29.6 Å². The number of hydrogen-bond donors (Lipinski definition) is 3. The van der Waals surface area contributed by atoms with Gasteiger partial charge < -0.3 is 16.0 Å². The number of carbonyl (C=O) groups excluding carboxylic acids is 2. The van der Waals surface area contributed by atoms with E-state index in [4.69, 9.17) is 0 Å². The maximum atomic E-state index is 12.6. The summed E-state index contributed by atoms with van der Waals surface area (Å²) in [4.78, 5) is 24.4. The smallest absolute Gasteiger partial charge is 0.228 e. The Kier molecular flexibility index (Phi) is 4.16. The van der Waals surface area contributed by atoms with E-state index in [2.05, 4.69) is 22.9 Å². The fourth-order valence-corrected chi connectivity index (χ4v) is 3.28. The fourth-order valence-electron chi connectivity index (χ4n) is 3.28. The van der Waals surface area contributed by atoms with Crippen molar-refractivity contribution in [3.63, 3.8) is 0 Å². The zero-order chi connectivity index (χ0) is 15.6. The second kappa shape index (κ2) is 6.08. The van der Waals surface area contributed by atoms with Crippen molar-refractivity contribution in [3.8, 4) is 0 Å². The van der Waals surface area contributed by atoms with Crippen LogP contribution >= 0.6 is 0 Å². The second-order valence-electron chi connectivity index (χ2n) is 6.67. The lowest BCUT2D eigenvalue weighted by molar-refractivity contribution is -0.126. The highest BCUT2D eigenvalue weighted by molar-refractivity contribution is 6.01. The van der Waals surface area contributed by atoms with Gasteiger partial charge in [0.2, 0.25) is 11.8 Å². The minimum Gasteiger partial charge on any atom is -0.355 e. The Balaban J connectivity index is 1.68. The minimum absolute atomic E-state index is 0.0398. The Hall–Kier alpha value is -1.88. The number of fused-ring (bicyclic) bond motifs is 1. The molecule has 0 spiro atoms. The van der Waals surface area contributed by atoms with Gasteiger partial charge in [0.25, 0.3) is 0 Å². The summed E-state index contributed by atoms with van der Waals surface area (Å²) in [7, 11) is 0. The lowest BCUT2D eigenvalue weighted by Gasteiger charge is -2.35. The van der Waals surface area contributed by atoms with Crippen molar-refractivity contribution in [1.29, 1.82) is 0 Å². The number of rotatable bonds is 3. The summed E-state index contributed by atoms with van der Waals surface area (Å²) in [6, 6.07) is 7.55. The summed E-state index contributed by atoms with van der Waals surface area (Å²) < 4.78 is 0. The molecule has 3 N–H and O–H groups in total. The summed E-state index contributed by atoms with van der Waals surface area (Å²) in [5.74, 6) is -0.510. The molecule has 0 aliphatic carbocycles. The standard InChI is InChI=1S/C17H23N3O2/c1-17(6-8-18-9-7-17)11-19-16(22)13-10-15(21)20-14-5-3-2-4-12(13)14/h2-5,13,18H,6-11H2,1H3,(H,19,22)(H,20,21). The van der Waals surface area contributed by atoms with Gasteiger partial charge in [0.1, 0.15) is 0 Å². The number of hydrogen-bond acceptors (Lipinski definition) is 3. The Bertz CT molecular complexity index is 579. The molecule has 3 rings (SSSR count). The third-order valence-electron chi connectivity index (χ3n) is 4.82. The molecule has 0 bridgehead atoms. The first-order valence-corrected chi connectivity index (χ1v) is 7.95. The van der Waals surface area contributed by atoms with E-state index in [1.54, 1.807) is 0 Å². The molecule has 2 amide bonds. The summed E-state index contributed by atoms with van der Waals surface area (Å²) in [5.41, 5.74) is 1.82. The van der Waals surface area contributed by atoms with Gasteiger partial charge in [-0.1, -0.05) is 25.1 Å². The molecule has 0 aromatic heterocycles. The Morgan fingerprint density at radius 2 is 2.05 bits per heavy atom. The predicted octanol–water partition coefficient (Wildman–Crippen LogP) is 1.62. The van der Waals surface area contributed by atoms with Crippen LogP contribution in [0.15, 0.2) is 24.3 Å². The summed E-state index contributed by atoms with van der Waals surface area (Å²) in [5, 5.41) is 9.25. The Morgan fingerprint density at radius 3 is 2.82 bits per heavy atom. The van der Waals surface area contributed by atoms with Crippen LogP contribution in [0.2, 0.25) is 0 Å². The lowest BCUT2D eigenvalue weighted by Crippen LogP contribution is -2.44. The van der Waals surface area contributed by atoms with Gasteiger partial charge in [0.05, 0.1) is 5.92 Å². The Morgan fingerprint density at radius 1 is 1.32 bits per heavy atom. The van der Waals surface area contributed by atoms with Crippen LogP contribution in [0.25, 0.3) is 0 Å². The molecule has 1 atom stereocenters. The van der Waals surface area contributed by atoms with Crippen molar-refractivity contribution in [2.45, 2.75) is 32.1 Å². The molecular formula is C17H23N3O2. The fraction of sp³-hybridized carbons (Fsp3) is 0.529. The van der Waals surface area contributed by atoms with Gasteiger partial charge in [0.15, 0.2) is 0 Å². The molecule has 5 nitrogen and oxygen atoms in total. The predicted molar refractivity (Wildman–Crippen MR) is 85.7 cm³/mol. The normalized spacial score (nSPS) is 23.3. The first-order chi connectivity index (χ1) is 10.6. The van der Waals surface area contributed by atoms with Crippen LogP contribution in [-0.2, 0) is 9.59 Å². The van der Waals surface area contributed by atoms with E-state index in [0.29, 0.717) is 6.54 Å². The van der Waals surface area contributed by atoms with Crippen molar-refractivity contribution in [3.05, 3.63) is 29.8 Å². The van der Waals surface area contributed by atoms with Crippen LogP contribution in [0.1, 0.15) is 37.7 Å².